The van der Waals surface area contributed by atoms with Crippen LogP contribution in [0.25, 0.3) is 11.8 Å². The first-order valence-electron chi connectivity index (χ1n) is 13.1. The maximum absolute atomic E-state index is 14.0. The Labute approximate surface area is 225 Å². The lowest BCUT2D eigenvalue weighted by Crippen LogP contribution is -2.34. The Hall–Kier alpha value is -3.07. The molecule has 2 aromatic carbocycles. The molecule has 2 atom stereocenters. The lowest BCUT2D eigenvalue weighted by atomic mass is 9.95. The number of benzene rings is 2. The molecule has 0 radical (unpaired) electrons. The first-order chi connectivity index (χ1) is 18.4. The molecule has 1 aliphatic heterocycles. The fourth-order valence-electron chi connectivity index (χ4n) is 4.39. The van der Waals surface area contributed by atoms with Crippen LogP contribution in [0.3, 0.4) is 0 Å². The van der Waals surface area contributed by atoms with Crippen LogP contribution in [0.2, 0.25) is 0 Å². The third kappa shape index (κ3) is 8.46. The number of rotatable bonds is 10. The third-order valence-electron chi connectivity index (χ3n) is 6.73. The number of hydrogen-bond donors (Lipinski definition) is 1. The minimum Gasteiger partial charge on any atom is -0.493 e. The molecular formula is C30H34F6N2O. The van der Waals surface area contributed by atoms with Gasteiger partial charge >= 0.3 is 12.4 Å². The molecule has 3 nitrogen and oxygen atoms in total. The summed E-state index contributed by atoms with van der Waals surface area (Å²) in [6, 6.07) is 8.71. The largest absolute Gasteiger partial charge is 0.493 e. The van der Waals surface area contributed by atoms with Crippen molar-refractivity contribution >= 4 is 17.5 Å². The van der Waals surface area contributed by atoms with Gasteiger partial charge in [-0.3, -0.25) is 4.99 Å². The van der Waals surface area contributed by atoms with Crippen LogP contribution >= 0.6 is 0 Å². The number of nitrogens with one attached hydrogen (secondary N) is 1. The van der Waals surface area contributed by atoms with Crippen LogP contribution in [0.4, 0.5) is 26.3 Å². The van der Waals surface area contributed by atoms with Crippen molar-refractivity contribution in [1.29, 1.82) is 0 Å². The van der Waals surface area contributed by atoms with Crippen LogP contribution in [0.1, 0.15) is 68.7 Å². The van der Waals surface area contributed by atoms with Gasteiger partial charge in [-0.2, -0.15) is 26.3 Å². The fourth-order valence-corrected chi connectivity index (χ4v) is 4.39. The number of hydrogen-bond acceptors (Lipinski definition) is 3. The molecule has 3 rings (SSSR count). The Morgan fingerprint density at radius 1 is 1.08 bits per heavy atom. The average Bonchev–Trinajstić information content (AvgIpc) is 3.43. The van der Waals surface area contributed by atoms with E-state index in [1.54, 1.807) is 31.2 Å². The van der Waals surface area contributed by atoms with Gasteiger partial charge in [-0.1, -0.05) is 44.2 Å². The van der Waals surface area contributed by atoms with Crippen LogP contribution in [-0.2, 0) is 12.4 Å². The monoisotopic (exact) mass is 552 g/mol. The number of aliphatic imine (C=N–C) groups is 1. The van der Waals surface area contributed by atoms with Gasteiger partial charge in [0.25, 0.3) is 0 Å². The summed E-state index contributed by atoms with van der Waals surface area (Å²) in [6.45, 7) is 6.78. The SMILES string of the molecule is C/C=C(\N=C(C(C)CC)C1CCCN1)c1ccc(OCC/C=C/c2ccc(C(F)(F)F)cc2)c(C(F)(F)F)c1. The minimum atomic E-state index is -4.63. The van der Waals surface area contributed by atoms with Gasteiger partial charge in [0, 0.05) is 17.3 Å². The number of nitrogens with zero attached hydrogens (tertiary/aromatic N) is 1. The number of alkyl halides is 6. The Morgan fingerprint density at radius 2 is 1.79 bits per heavy atom. The van der Waals surface area contributed by atoms with Crippen molar-refractivity contribution in [2.45, 2.75) is 64.8 Å². The summed E-state index contributed by atoms with van der Waals surface area (Å²) in [5.74, 6) is -0.0934. The highest BCUT2D eigenvalue weighted by molar-refractivity contribution is 5.95. The van der Waals surface area contributed by atoms with Crippen molar-refractivity contribution in [1.82, 2.24) is 5.32 Å². The third-order valence-corrected chi connectivity index (χ3v) is 6.73. The summed E-state index contributed by atoms with van der Waals surface area (Å²) in [5.41, 5.74) is 0.715. The molecule has 0 bridgehead atoms. The molecule has 0 amide bonds. The smallest absolute Gasteiger partial charge is 0.419 e. The highest BCUT2D eigenvalue weighted by Crippen LogP contribution is 2.38. The maximum Gasteiger partial charge on any atom is 0.419 e. The van der Waals surface area contributed by atoms with Gasteiger partial charge in [0.05, 0.1) is 23.4 Å². The van der Waals surface area contributed by atoms with Crippen LogP contribution in [-0.4, -0.2) is 24.9 Å². The van der Waals surface area contributed by atoms with E-state index in [1.165, 1.54) is 18.2 Å². The standard InChI is InChI=1S/C30H34F6N2O/c1-4-20(3)28(26-10-8-17-37-26)38-25(5-2)22-13-16-27(24(19-22)30(34,35)36)39-18-7-6-9-21-11-14-23(15-12-21)29(31,32)33/h5-6,9,11-16,19-20,26,37H,4,7-8,10,17-18H2,1-3H3/b9-6+,25-5-,38-28?. The Balaban J connectivity index is 1.73. The molecule has 1 saturated heterocycles. The zero-order valence-corrected chi connectivity index (χ0v) is 22.3. The molecule has 1 heterocycles. The van der Waals surface area contributed by atoms with Crippen molar-refractivity contribution < 1.29 is 31.1 Å². The Kier molecular flexibility index (Phi) is 10.4. The second-order valence-corrected chi connectivity index (χ2v) is 9.54. The molecule has 39 heavy (non-hydrogen) atoms. The lowest BCUT2D eigenvalue weighted by Gasteiger charge is -2.21. The van der Waals surface area contributed by atoms with Crippen LogP contribution in [0, 0.1) is 5.92 Å². The highest BCUT2D eigenvalue weighted by Gasteiger charge is 2.35. The molecule has 1 aliphatic rings. The molecule has 212 valence electrons. The van der Waals surface area contributed by atoms with Gasteiger partial charge in [0.15, 0.2) is 0 Å². The molecule has 1 N–H and O–H groups in total. The van der Waals surface area contributed by atoms with Crippen molar-refractivity contribution in [3.8, 4) is 5.75 Å². The minimum absolute atomic E-state index is 0.0281. The van der Waals surface area contributed by atoms with Gasteiger partial charge in [0.2, 0.25) is 0 Å². The second-order valence-electron chi connectivity index (χ2n) is 9.54. The average molecular weight is 553 g/mol. The molecule has 0 spiro atoms. The van der Waals surface area contributed by atoms with E-state index in [0.717, 1.165) is 49.7 Å². The van der Waals surface area contributed by atoms with E-state index in [9.17, 15) is 26.3 Å². The quantitative estimate of drug-likeness (QED) is 0.182. The summed E-state index contributed by atoms with van der Waals surface area (Å²) >= 11 is 0. The molecule has 2 unspecified atom stereocenters. The number of allylic oxidation sites excluding steroid dienone is 1. The van der Waals surface area contributed by atoms with Gasteiger partial charge in [-0.25, -0.2) is 0 Å². The predicted octanol–water partition coefficient (Wildman–Crippen LogP) is 8.81. The molecule has 2 aromatic rings. The van der Waals surface area contributed by atoms with E-state index < -0.39 is 23.5 Å². The normalized spacial score (nSPS) is 18.1. The summed E-state index contributed by atoms with van der Waals surface area (Å²) < 4.78 is 85.4. The molecule has 1 fully saturated rings. The van der Waals surface area contributed by atoms with Crippen molar-refractivity contribution in [3.63, 3.8) is 0 Å². The summed E-state index contributed by atoms with van der Waals surface area (Å²) in [6.07, 6.45) is -0.935. The van der Waals surface area contributed by atoms with E-state index >= 15 is 0 Å². The van der Waals surface area contributed by atoms with E-state index in [2.05, 4.69) is 19.2 Å². The van der Waals surface area contributed by atoms with Crippen molar-refractivity contribution in [3.05, 3.63) is 76.9 Å². The van der Waals surface area contributed by atoms with Crippen LogP contribution < -0.4 is 10.1 Å². The van der Waals surface area contributed by atoms with Gasteiger partial charge in [0.1, 0.15) is 5.75 Å². The molecular weight excluding hydrogens is 518 g/mol. The summed E-state index contributed by atoms with van der Waals surface area (Å²) in [7, 11) is 0. The topological polar surface area (TPSA) is 33.6 Å². The number of ether oxygens (including phenoxy) is 1. The maximum atomic E-state index is 14.0. The van der Waals surface area contributed by atoms with Gasteiger partial charge < -0.3 is 10.1 Å². The van der Waals surface area contributed by atoms with Gasteiger partial charge in [-0.15, -0.1) is 0 Å². The van der Waals surface area contributed by atoms with Gasteiger partial charge in [-0.05, 0) is 81.0 Å². The van der Waals surface area contributed by atoms with E-state index in [-0.39, 0.29) is 30.7 Å². The van der Waals surface area contributed by atoms with E-state index in [1.807, 2.05) is 0 Å². The Morgan fingerprint density at radius 3 is 2.36 bits per heavy atom. The second kappa shape index (κ2) is 13.3. The van der Waals surface area contributed by atoms with E-state index in [0.29, 0.717) is 16.8 Å². The fraction of sp³-hybridized carbons (Fsp3) is 0.433. The summed E-state index contributed by atoms with van der Waals surface area (Å²) in [5, 5.41) is 3.44. The molecule has 0 aliphatic carbocycles. The van der Waals surface area contributed by atoms with Crippen molar-refractivity contribution in [2.75, 3.05) is 13.2 Å². The summed E-state index contributed by atoms with van der Waals surface area (Å²) in [4.78, 5) is 4.84. The van der Waals surface area contributed by atoms with E-state index in [4.69, 9.17) is 9.73 Å². The zero-order valence-electron chi connectivity index (χ0n) is 22.3. The predicted molar refractivity (Wildman–Crippen MR) is 144 cm³/mol. The molecule has 9 heteroatoms. The van der Waals surface area contributed by atoms with Crippen LogP contribution in [0.5, 0.6) is 5.75 Å². The first-order valence-corrected chi connectivity index (χ1v) is 13.1. The molecule has 0 aromatic heterocycles. The Bertz CT molecular complexity index is 1170. The van der Waals surface area contributed by atoms with Crippen molar-refractivity contribution in [2.24, 2.45) is 10.9 Å². The zero-order chi connectivity index (χ0) is 28.6. The lowest BCUT2D eigenvalue weighted by molar-refractivity contribution is -0.139. The van der Waals surface area contributed by atoms with Crippen LogP contribution in [0.15, 0.2) is 59.6 Å². The first kappa shape index (κ1) is 30.5. The molecule has 0 saturated carbocycles. The highest BCUT2D eigenvalue weighted by atomic mass is 19.4. The number of halogens is 6.